The average Bonchev–Trinajstić information content (AvgIpc) is 2.36. The molecule has 0 N–H and O–H groups in total. The number of halogens is 1. The molecule has 1 fully saturated rings. The van der Waals surface area contributed by atoms with Crippen LogP contribution in [0.25, 0.3) is 10.9 Å². The van der Waals surface area contributed by atoms with E-state index in [2.05, 4.69) is 41.2 Å². The first-order valence-electron chi connectivity index (χ1n) is 6.43. The van der Waals surface area contributed by atoms with E-state index in [9.17, 15) is 0 Å². The summed E-state index contributed by atoms with van der Waals surface area (Å²) in [7, 11) is 2.16. The number of benzene rings is 1. The maximum absolute atomic E-state index is 6.04. The van der Waals surface area contributed by atoms with Crippen molar-refractivity contribution in [3.8, 4) is 0 Å². The van der Waals surface area contributed by atoms with E-state index in [-0.39, 0.29) is 0 Å². The van der Waals surface area contributed by atoms with E-state index in [4.69, 9.17) is 11.6 Å². The van der Waals surface area contributed by atoms with Crippen LogP contribution in [0.15, 0.2) is 36.5 Å². The van der Waals surface area contributed by atoms with Crippen LogP contribution < -0.4 is 4.90 Å². The Hall–Kier alpha value is -1.28. The molecule has 0 bridgehead atoms. The van der Waals surface area contributed by atoms with E-state index in [1.54, 1.807) is 0 Å². The highest BCUT2D eigenvalue weighted by Gasteiger charge is 2.28. The van der Waals surface area contributed by atoms with Gasteiger partial charge in [0.25, 0.3) is 0 Å². The molecule has 1 saturated carbocycles. The molecule has 1 aliphatic rings. The Morgan fingerprint density at radius 2 is 2.06 bits per heavy atom. The highest BCUT2D eigenvalue weighted by atomic mass is 35.5. The molecule has 1 aromatic carbocycles. The molecule has 2 aromatic rings. The second kappa shape index (κ2) is 4.77. The summed E-state index contributed by atoms with van der Waals surface area (Å²) in [5.74, 6) is 0.740. The van der Waals surface area contributed by atoms with Gasteiger partial charge in [0.2, 0.25) is 0 Å². The normalized spacial score (nSPS) is 22.8. The molecule has 0 amide bonds. The summed E-state index contributed by atoms with van der Waals surface area (Å²) in [4.78, 5) is 6.73. The molecule has 0 unspecified atom stereocenters. The topological polar surface area (TPSA) is 16.1 Å². The highest BCUT2D eigenvalue weighted by Crippen LogP contribution is 2.34. The van der Waals surface area contributed by atoms with E-state index < -0.39 is 0 Å². The lowest BCUT2D eigenvalue weighted by Crippen LogP contribution is -2.34. The molecule has 0 radical (unpaired) electrons. The molecular formula is C15H17ClN2. The van der Waals surface area contributed by atoms with Gasteiger partial charge < -0.3 is 4.90 Å². The third kappa shape index (κ3) is 2.17. The van der Waals surface area contributed by atoms with Crippen LogP contribution in [-0.4, -0.2) is 24.0 Å². The number of rotatable bonds is 3. The van der Waals surface area contributed by atoms with Crippen LogP contribution in [0.1, 0.15) is 12.8 Å². The van der Waals surface area contributed by atoms with Gasteiger partial charge in [-0.05, 0) is 30.9 Å². The first kappa shape index (κ1) is 11.8. The largest absolute Gasteiger partial charge is 0.374 e. The lowest BCUT2D eigenvalue weighted by atomic mass is 9.84. The lowest BCUT2D eigenvalue weighted by molar-refractivity contribution is 0.329. The maximum atomic E-state index is 6.04. The van der Waals surface area contributed by atoms with Gasteiger partial charge in [-0.2, -0.15) is 0 Å². The number of hydrogen-bond donors (Lipinski definition) is 0. The van der Waals surface area contributed by atoms with Crippen molar-refractivity contribution in [3.05, 3.63) is 36.5 Å². The Morgan fingerprint density at radius 3 is 2.83 bits per heavy atom. The molecular weight excluding hydrogens is 244 g/mol. The number of nitrogens with zero attached hydrogens (tertiary/aromatic N) is 2. The molecule has 1 heterocycles. The molecule has 3 rings (SSSR count). The van der Waals surface area contributed by atoms with E-state index in [1.165, 1.54) is 11.1 Å². The van der Waals surface area contributed by atoms with Gasteiger partial charge in [-0.25, -0.2) is 0 Å². The number of aromatic nitrogens is 1. The summed E-state index contributed by atoms with van der Waals surface area (Å²) in [6.45, 7) is 1.08. The Kier molecular flexibility index (Phi) is 3.13. The molecule has 3 heteroatoms. The van der Waals surface area contributed by atoms with E-state index in [0.29, 0.717) is 5.38 Å². The van der Waals surface area contributed by atoms with Gasteiger partial charge in [0.05, 0.1) is 5.52 Å². The van der Waals surface area contributed by atoms with Crippen molar-refractivity contribution >= 4 is 28.2 Å². The molecule has 0 saturated heterocycles. The number of para-hydroxylation sites is 1. The van der Waals surface area contributed by atoms with Crippen molar-refractivity contribution in [1.82, 2.24) is 4.98 Å². The molecule has 1 aromatic heterocycles. The van der Waals surface area contributed by atoms with Crippen LogP contribution >= 0.6 is 11.6 Å². The minimum atomic E-state index is 0.401. The highest BCUT2D eigenvalue weighted by molar-refractivity contribution is 6.21. The fourth-order valence-electron chi connectivity index (χ4n) is 2.70. The molecule has 1 aliphatic carbocycles. The molecule has 18 heavy (non-hydrogen) atoms. The standard InChI is InChI=1S/C15H17ClN2/c1-18(10-11-8-12(16)9-11)15-6-7-17-14-5-3-2-4-13(14)15/h2-7,11-12H,8-10H2,1H3. The maximum Gasteiger partial charge on any atom is 0.0722 e. The van der Waals surface area contributed by atoms with Crippen LogP contribution in [0.3, 0.4) is 0 Å². The Morgan fingerprint density at radius 1 is 1.28 bits per heavy atom. The van der Waals surface area contributed by atoms with Crippen molar-refractivity contribution < 1.29 is 0 Å². The number of anilines is 1. The zero-order chi connectivity index (χ0) is 12.5. The summed E-state index contributed by atoms with van der Waals surface area (Å²) in [5, 5.41) is 1.63. The number of pyridine rings is 1. The number of alkyl halides is 1. The van der Waals surface area contributed by atoms with Gasteiger partial charge in [0, 0.05) is 36.2 Å². The van der Waals surface area contributed by atoms with Gasteiger partial charge in [-0.3, -0.25) is 4.98 Å². The first-order valence-corrected chi connectivity index (χ1v) is 6.86. The average molecular weight is 261 g/mol. The quantitative estimate of drug-likeness (QED) is 0.783. The molecule has 0 atom stereocenters. The van der Waals surface area contributed by atoms with Crippen LogP contribution in [-0.2, 0) is 0 Å². The van der Waals surface area contributed by atoms with Crippen LogP contribution in [0.5, 0.6) is 0 Å². The number of fused-ring (bicyclic) bond motifs is 1. The van der Waals surface area contributed by atoms with Crippen molar-refractivity contribution in [2.75, 3.05) is 18.5 Å². The SMILES string of the molecule is CN(CC1CC(Cl)C1)c1ccnc2ccccc12. The van der Waals surface area contributed by atoms with Gasteiger partial charge in [-0.15, -0.1) is 11.6 Å². The van der Waals surface area contributed by atoms with Gasteiger partial charge in [0.1, 0.15) is 0 Å². The lowest BCUT2D eigenvalue weighted by Gasteiger charge is -2.35. The summed E-state index contributed by atoms with van der Waals surface area (Å²) >= 11 is 6.04. The van der Waals surface area contributed by atoms with Crippen LogP contribution in [0.2, 0.25) is 0 Å². The van der Waals surface area contributed by atoms with Crippen molar-refractivity contribution in [1.29, 1.82) is 0 Å². The summed E-state index contributed by atoms with van der Waals surface area (Å²) < 4.78 is 0. The van der Waals surface area contributed by atoms with Gasteiger partial charge in [0.15, 0.2) is 0 Å². The first-order chi connectivity index (χ1) is 8.74. The fraction of sp³-hybridized carbons (Fsp3) is 0.400. The molecule has 0 aliphatic heterocycles. The zero-order valence-corrected chi connectivity index (χ0v) is 11.3. The minimum absolute atomic E-state index is 0.401. The van der Waals surface area contributed by atoms with Gasteiger partial charge >= 0.3 is 0 Å². The second-order valence-corrected chi connectivity index (χ2v) is 5.78. The van der Waals surface area contributed by atoms with Crippen molar-refractivity contribution in [3.63, 3.8) is 0 Å². The summed E-state index contributed by atoms with van der Waals surface area (Å²) in [6.07, 6.45) is 4.18. The third-order valence-corrected chi connectivity index (χ3v) is 4.10. The van der Waals surface area contributed by atoms with Crippen LogP contribution in [0, 0.1) is 5.92 Å². The zero-order valence-electron chi connectivity index (χ0n) is 10.5. The van der Waals surface area contributed by atoms with E-state index >= 15 is 0 Å². The summed E-state index contributed by atoms with van der Waals surface area (Å²) in [6, 6.07) is 10.4. The molecule has 0 spiro atoms. The fourth-order valence-corrected chi connectivity index (χ4v) is 3.21. The summed E-state index contributed by atoms with van der Waals surface area (Å²) in [5.41, 5.74) is 2.32. The van der Waals surface area contributed by atoms with Crippen molar-refractivity contribution in [2.45, 2.75) is 18.2 Å². The third-order valence-electron chi connectivity index (χ3n) is 3.75. The van der Waals surface area contributed by atoms with Crippen LogP contribution in [0.4, 0.5) is 5.69 Å². The molecule has 2 nitrogen and oxygen atoms in total. The monoisotopic (exact) mass is 260 g/mol. The van der Waals surface area contributed by atoms with E-state index in [1.807, 2.05) is 12.3 Å². The predicted octanol–water partition coefficient (Wildman–Crippen LogP) is 3.69. The Balaban J connectivity index is 1.84. The predicted molar refractivity (Wildman–Crippen MR) is 77.4 cm³/mol. The van der Waals surface area contributed by atoms with E-state index in [0.717, 1.165) is 30.8 Å². The minimum Gasteiger partial charge on any atom is -0.374 e. The van der Waals surface area contributed by atoms with Crippen molar-refractivity contribution in [2.24, 2.45) is 5.92 Å². The number of hydrogen-bond acceptors (Lipinski definition) is 2. The second-order valence-electron chi connectivity index (χ2n) is 5.16. The Bertz CT molecular complexity index is 544. The Labute approximate surface area is 113 Å². The smallest absolute Gasteiger partial charge is 0.0722 e. The molecule has 94 valence electrons. The van der Waals surface area contributed by atoms with Gasteiger partial charge in [-0.1, -0.05) is 18.2 Å².